The highest BCUT2D eigenvalue weighted by Crippen LogP contribution is 2.60. The zero-order valence-corrected chi connectivity index (χ0v) is 27.2. The molecular formula is C37H42O6S2. The topological polar surface area (TPSA) is 97.7 Å². The van der Waals surface area contributed by atoms with Crippen LogP contribution in [-0.4, -0.2) is 21.4 Å². The Morgan fingerprint density at radius 1 is 0.578 bits per heavy atom. The van der Waals surface area contributed by atoms with Gasteiger partial charge in [0.15, 0.2) is 0 Å². The van der Waals surface area contributed by atoms with Crippen LogP contribution in [0.5, 0.6) is 5.75 Å². The van der Waals surface area contributed by atoms with Gasteiger partial charge < -0.3 is 4.18 Å². The van der Waals surface area contributed by atoms with Crippen LogP contribution in [0.25, 0.3) is 10.8 Å². The van der Waals surface area contributed by atoms with Gasteiger partial charge in [0.25, 0.3) is 10.1 Å². The second-order valence-corrected chi connectivity index (χ2v) is 18.5. The fourth-order valence-electron chi connectivity index (χ4n) is 11.2. The van der Waals surface area contributed by atoms with Crippen molar-refractivity contribution < 1.29 is 25.6 Å². The average Bonchev–Trinajstić information content (AvgIpc) is 3.87. The molecule has 1 N–H and O–H groups in total. The van der Waals surface area contributed by atoms with Crippen molar-refractivity contribution >= 4 is 31.0 Å². The summed E-state index contributed by atoms with van der Waals surface area (Å²) in [6.07, 6.45) is 14.7. The fourth-order valence-corrected chi connectivity index (χ4v) is 13.2. The van der Waals surface area contributed by atoms with E-state index in [9.17, 15) is 21.4 Å². The van der Waals surface area contributed by atoms with E-state index in [1.165, 1.54) is 81.9 Å². The lowest BCUT2D eigenvalue weighted by atomic mass is 9.75. The lowest BCUT2D eigenvalue weighted by Gasteiger charge is -2.32. The number of benzene rings is 3. The summed E-state index contributed by atoms with van der Waals surface area (Å²) < 4.78 is 68.3. The van der Waals surface area contributed by atoms with E-state index in [0.717, 1.165) is 35.8 Å². The highest BCUT2D eigenvalue weighted by Gasteiger charge is 2.48. The van der Waals surface area contributed by atoms with Gasteiger partial charge in [0.1, 0.15) is 10.6 Å². The molecule has 0 amide bonds. The highest BCUT2D eigenvalue weighted by molar-refractivity contribution is 7.87. The molecule has 0 aromatic heterocycles. The quantitative estimate of drug-likeness (QED) is 0.204. The van der Waals surface area contributed by atoms with Gasteiger partial charge in [-0.05, 0) is 163 Å². The van der Waals surface area contributed by atoms with Gasteiger partial charge in [-0.15, -0.1) is 0 Å². The summed E-state index contributed by atoms with van der Waals surface area (Å²) in [5.74, 6) is 5.34. The Kier molecular flexibility index (Phi) is 6.58. The molecule has 0 aliphatic heterocycles. The molecule has 0 heterocycles. The zero-order valence-electron chi connectivity index (χ0n) is 25.6. The first kappa shape index (κ1) is 28.8. The van der Waals surface area contributed by atoms with Crippen molar-refractivity contribution in [2.24, 2.45) is 35.5 Å². The molecule has 8 heteroatoms. The van der Waals surface area contributed by atoms with Crippen LogP contribution in [0.2, 0.25) is 0 Å². The first-order valence-electron chi connectivity index (χ1n) is 17.2. The standard InChI is InChI=1S/C37H42O6S2/c38-44(39,40)31-10-8-24-17-30(9-7-25(24)18-31)43-45(41,42)37-35(33-15-22-2-5-27(33)12-22)19-29(32-14-21-1-4-26(32)11-21)20-36(37)34-16-23-3-6-28(34)13-23/h7-10,17-23,26-28,32-34H,1-6,11-16H2,(H,38,39,40). The number of fused-ring (bicyclic) bond motifs is 7. The summed E-state index contributed by atoms with van der Waals surface area (Å²) in [5, 5.41) is 1.22. The molecule has 0 saturated heterocycles. The van der Waals surface area contributed by atoms with Crippen LogP contribution in [0.4, 0.5) is 0 Å². The Morgan fingerprint density at radius 2 is 1.09 bits per heavy atom. The van der Waals surface area contributed by atoms with E-state index >= 15 is 0 Å². The summed E-state index contributed by atoms with van der Waals surface area (Å²) in [4.78, 5) is 0.268. The maximum absolute atomic E-state index is 14.7. The highest BCUT2D eigenvalue weighted by atomic mass is 32.2. The smallest absolute Gasteiger partial charge is 0.339 e. The first-order valence-corrected chi connectivity index (χ1v) is 20.1. The summed E-state index contributed by atoms with van der Waals surface area (Å²) in [6, 6.07) is 13.8. The minimum atomic E-state index is -4.34. The number of hydrogen-bond donors (Lipinski definition) is 1. The largest absolute Gasteiger partial charge is 0.379 e. The summed E-state index contributed by atoms with van der Waals surface area (Å²) in [5.41, 5.74) is 3.48. The van der Waals surface area contributed by atoms with Crippen LogP contribution in [0, 0.1) is 35.5 Å². The molecule has 3 aromatic rings. The first-order chi connectivity index (χ1) is 21.6. The maximum Gasteiger partial charge on any atom is 0.339 e. The Morgan fingerprint density at radius 3 is 1.58 bits per heavy atom. The van der Waals surface area contributed by atoms with E-state index in [-0.39, 0.29) is 22.5 Å². The Labute approximate surface area is 266 Å². The van der Waals surface area contributed by atoms with Crippen molar-refractivity contribution in [2.75, 3.05) is 0 Å². The number of rotatable bonds is 7. The van der Waals surface area contributed by atoms with Crippen LogP contribution in [0.3, 0.4) is 0 Å². The van der Waals surface area contributed by atoms with Gasteiger partial charge in [-0.25, -0.2) is 0 Å². The van der Waals surface area contributed by atoms with Gasteiger partial charge in [0.2, 0.25) is 0 Å². The molecule has 6 fully saturated rings. The molecule has 6 bridgehead atoms. The van der Waals surface area contributed by atoms with Crippen molar-refractivity contribution in [3.63, 3.8) is 0 Å². The molecular weight excluding hydrogens is 605 g/mol. The Bertz CT molecular complexity index is 1870. The lowest BCUT2D eigenvalue weighted by Crippen LogP contribution is -2.23. The van der Waals surface area contributed by atoms with Crippen molar-refractivity contribution in [3.8, 4) is 5.75 Å². The number of hydrogen-bond acceptors (Lipinski definition) is 5. The molecule has 9 unspecified atom stereocenters. The minimum absolute atomic E-state index is 0.196. The third kappa shape index (κ3) is 4.88. The van der Waals surface area contributed by atoms with Crippen LogP contribution >= 0.6 is 0 Å². The Balaban J connectivity index is 1.17. The molecule has 6 nitrogen and oxygen atoms in total. The molecule has 9 atom stereocenters. The molecule has 3 aromatic carbocycles. The normalized spacial score (nSPS) is 35.2. The molecule has 6 aliphatic rings. The van der Waals surface area contributed by atoms with Gasteiger partial charge in [0.05, 0.1) is 4.90 Å². The molecule has 6 saturated carbocycles. The van der Waals surface area contributed by atoms with Gasteiger partial charge in [-0.1, -0.05) is 43.5 Å². The summed E-state index contributed by atoms with van der Waals surface area (Å²) >= 11 is 0. The van der Waals surface area contributed by atoms with Crippen LogP contribution in [0.15, 0.2) is 58.3 Å². The van der Waals surface area contributed by atoms with Crippen LogP contribution in [0.1, 0.15) is 111 Å². The van der Waals surface area contributed by atoms with Gasteiger partial charge in [-0.3, -0.25) is 4.55 Å². The van der Waals surface area contributed by atoms with E-state index < -0.39 is 20.2 Å². The van der Waals surface area contributed by atoms with E-state index in [0.29, 0.717) is 45.3 Å². The van der Waals surface area contributed by atoms with Gasteiger partial charge in [-0.2, -0.15) is 16.8 Å². The van der Waals surface area contributed by atoms with E-state index in [1.54, 1.807) is 24.3 Å². The maximum atomic E-state index is 14.7. The SMILES string of the molecule is O=S(=O)(O)c1ccc2cc(OS(=O)(=O)c3c(C4CC5CCC4C5)cc(C4CC5CCC4C5)cc3C3CC4CCC3C4)ccc2c1. The molecule has 0 spiro atoms. The van der Waals surface area contributed by atoms with Crippen molar-refractivity contribution in [2.45, 2.75) is 105 Å². The lowest BCUT2D eigenvalue weighted by molar-refractivity contribution is 0.392. The monoisotopic (exact) mass is 646 g/mol. The zero-order chi connectivity index (χ0) is 30.7. The minimum Gasteiger partial charge on any atom is -0.379 e. The van der Waals surface area contributed by atoms with E-state index in [2.05, 4.69) is 12.1 Å². The van der Waals surface area contributed by atoms with Gasteiger partial charge >= 0.3 is 10.1 Å². The Hall–Kier alpha value is -2.42. The fraction of sp³-hybridized carbons (Fsp3) is 0.568. The second kappa shape index (κ2) is 10.3. The van der Waals surface area contributed by atoms with Crippen molar-refractivity contribution in [1.82, 2.24) is 0 Å². The molecule has 9 rings (SSSR count). The summed E-state index contributed by atoms with van der Waals surface area (Å²) in [7, 11) is -8.51. The average molecular weight is 647 g/mol. The summed E-state index contributed by atoms with van der Waals surface area (Å²) in [6.45, 7) is 0. The third-order valence-electron chi connectivity index (χ3n) is 13.1. The van der Waals surface area contributed by atoms with E-state index in [1.807, 2.05) is 0 Å². The van der Waals surface area contributed by atoms with E-state index in [4.69, 9.17) is 4.18 Å². The van der Waals surface area contributed by atoms with Gasteiger partial charge in [0, 0.05) is 0 Å². The van der Waals surface area contributed by atoms with Crippen LogP contribution < -0.4 is 4.18 Å². The predicted molar refractivity (Wildman–Crippen MR) is 173 cm³/mol. The van der Waals surface area contributed by atoms with Crippen molar-refractivity contribution in [1.29, 1.82) is 0 Å². The predicted octanol–water partition coefficient (Wildman–Crippen LogP) is 8.57. The molecule has 6 aliphatic carbocycles. The van der Waals surface area contributed by atoms with Crippen molar-refractivity contribution in [3.05, 3.63) is 65.2 Å². The molecule has 45 heavy (non-hydrogen) atoms. The molecule has 0 radical (unpaired) electrons. The second-order valence-electron chi connectivity index (χ2n) is 15.6. The molecule has 238 valence electrons. The third-order valence-corrected chi connectivity index (χ3v) is 15.4. The van der Waals surface area contributed by atoms with Crippen LogP contribution in [-0.2, 0) is 20.2 Å².